The maximum atomic E-state index is 13.1. The van der Waals surface area contributed by atoms with Crippen LogP contribution in [-0.4, -0.2) is 29.9 Å². The van der Waals surface area contributed by atoms with Crippen molar-refractivity contribution in [3.63, 3.8) is 0 Å². The van der Waals surface area contributed by atoms with E-state index in [2.05, 4.69) is 10.6 Å². The summed E-state index contributed by atoms with van der Waals surface area (Å²) in [5.41, 5.74) is 3.71. The van der Waals surface area contributed by atoms with Crippen molar-refractivity contribution in [2.45, 2.75) is 32.7 Å². The number of carbonyl (C=O) groups is 2. The molecule has 1 atom stereocenters. The van der Waals surface area contributed by atoms with Crippen molar-refractivity contribution < 1.29 is 14.0 Å². The first kappa shape index (κ1) is 19.0. The van der Waals surface area contributed by atoms with E-state index >= 15 is 0 Å². The molecule has 1 unspecified atom stereocenters. The van der Waals surface area contributed by atoms with Crippen LogP contribution >= 0.6 is 0 Å². The van der Waals surface area contributed by atoms with E-state index in [0.717, 1.165) is 36.1 Å². The number of rotatable bonds is 4. The van der Waals surface area contributed by atoms with Gasteiger partial charge >= 0.3 is 6.03 Å². The number of urea groups is 1. The number of hydrogen-bond donors (Lipinski definition) is 2. The molecule has 3 amide bonds. The fraction of sp³-hybridized carbons (Fsp3) is 0.333. The van der Waals surface area contributed by atoms with Crippen LogP contribution in [-0.2, 0) is 4.79 Å². The molecular formula is C21H24FN3O2. The monoisotopic (exact) mass is 369 g/mol. The number of anilines is 1. The summed E-state index contributed by atoms with van der Waals surface area (Å²) in [6.07, 6.45) is 1.87. The van der Waals surface area contributed by atoms with Crippen molar-refractivity contribution in [2.75, 3.05) is 18.4 Å². The van der Waals surface area contributed by atoms with E-state index in [1.807, 2.05) is 30.9 Å². The molecule has 27 heavy (non-hydrogen) atoms. The van der Waals surface area contributed by atoms with Gasteiger partial charge in [-0.05, 0) is 68.1 Å². The van der Waals surface area contributed by atoms with Gasteiger partial charge < -0.3 is 5.32 Å². The maximum Gasteiger partial charge on any atom is 0.325 e. The Hall–Kier alpha value is -2.73. The second-order valence-electron chi connectivity index (χ2n) is 6.93. The minimum absolute atomic E-state index is 0.0680. The van der Waals surface area contributed by atoms with Crippen molar-refractivity contribution in [1.29, 1.82) is 0 Å². The van der Waals surface area contributed by atoms with Crippen molar-refractivity contribution in [3.05, 3.63) is 65.0 Å². The van der Waals surface area contributed by atoms with Gasteiger partial charge in [-0.15, -0.1) is 0 Å². The highest BCUT2D eigenvalue weighted by Crippen LogP contribution is 2.31. The summed E-state index contributed by atoms with van der Waals surface area (Å²) >= 11 is 0. The molecule has 1 saturated heterocycles. The minimum atomic E-state index is -0.536. The zero-order valence-electron chi connectivity index (χ0n) is 15.6. The van der Waals surface area contributed by atoms with Crippen LogP contribution in [0.4, 0.5) is 14.9 Å². The number of nitrogens with zero attached hydrogens (tertiary/aromatic N) is 1. The van der Waals surface area contributed by atoms with Gasteiger partial charge in [-0.1, -0.05) is 24.3 Å². The highest BCUT2D eigenvalue weighted by atomic mass is 19.1. The van der Waals surface area contributed by atoms with Gasteiger partial charge in [0.15, 0.2) is 0 Å². The van der Waals surface area contributed by atoms with E-state index in [1.165, 1.54) is 12.1 Å². The van der Waals surface area contributed by atoms with Gasteiger partial charge in [0.25, 0.3) is 0 Å². The molecule has 2 aromatic carbocycles. The molecule has 0 spiro atoms. The fourth-order valence-electron chi connectivity index (χ4n) is 3.47. The number of benzene rings is 2. The molecule has 142 valence electrons. The average Bonchev–Trinajstić information content (AvgIpc) is 3.07. The van der Waals surface area contributed by atoms with Gasteiger partial charge in [0.05, 0.1) is 6.54 Å². The van der Waals surface area contributed by atoms with Crippen LogP contribution in [0.5, 0.6) is 0 Å². The normalized spacial score (nSPS) is 16.9. The molecule has 2 aromatic rings. The molecule has 6 heteroatoms. The summed E-state index contributed by atoms with van der Waals surface area (Å²) in [6.45, 7) is 4.78. The van der Waals surface area contributed by atoms with Crippen LogP contribution < -0.4 is 10.6 Å². The standard InChI is InChI=1S/C21H24FN3O2/c1-14-5-3-6-18(15(14)2)23-21(27)24-20(26)13-25-12-4-7-19(25)16-8-10-17(22)11-9-16/h3,5-6,8-11,19H,4,7,12-13H2,1-2H3,(H2,23,24,26,27). The Morgan fingerprint density at radius 1 is 1.15 bits per heavy atom. The molecule has 1 aliphatic heterocycles. The van der Waals surface area contributed by atoms with Crippen molar-refractivity contribution in [1.82, 2.24) is 10.2 Å². The number of amides is 3. The lowest BCUT2D eigenvalue weighted by molar-refractivity contribution is -0.121. The summed E-state index contributed by atoms with van der Waals surface area (Å²) < 4.78 is 13.1. The number of likely N-dealkylation sites (tertiary alicyclic amines) is 1. The van der Waals surface area contributed by atoms with Gasteiger partial charge in [0.2, 0.25) is 5.91 Å². The highest BCUT2D eigenvalue weighted by Gasteiger charge is 2.28. The highest BCUT2D eigenvalue weighted by molar-refractivity contribution is 6.02. The molecule has 1 aliphatic rings. The molecule has 0 aromatic heterocycles. The zero-order chi connectivity index (χ0) is 19.4. The average molecular weight is 369 g/mol. The molecule has 2 N–H and O–H groups in total. The molecule has 0 aliphatic carbocycles. The molecule has 5 nitrogen and oxygen atoms in total. The number of halogens is 1. The Morgan fingerprint density at radius 2 is 1.89 bits per heavy atom. The third-order valence-corrected chi connectivity index (χ3v) is 5.07. The first-order valence-corrected chi connectivity index (χ1v) is 9.10. The summed E-state index contributed by atoms with van der Waals surface area (Å²) in [6, 6.07) is 11.5. The van der Waals surface area contributed by atoms with Gasteiger partial charge in [-0.25, -0.2) is 9.18 Å². The Bertz CT molecular complexity index is 836. The van der Waals surface area contributed by atoms with Gasteiger partial charge in [-0.3, -0.25) is 15.0 Å². The Labute approximate surface area is 158 Å². The van der Waals surface area contributed by atoms with Crippen LogP contribution in [0, 0.1) is 19.7 Å². The largest absolute Gasteiger partial charge is 0.325 e. The van der Waals surface area contributed by atoms with Crippen LogP contribution in [0.3, 0.4) is 0 Å². The van der Waals surface area contributed by atoms with Crippen LogP contribution in [0.1, 0.15) is 35.6 Å². The third kappa shape index (κ3) is 4.71. The second-order valence-corrected chi connectivity index (χ2v) is 6.93. The summed E-state index contributed by atoms with van der Waals surface area (Å²) in [5, 5.41) is 5.12. The number of carbonyl (C=O) groups excluding carboxylic acids is 2. The molecule has 3 rings (SSSR count). The lowest BCUT2D eigenvalue weighted by atomic mass is 10.0. The van der Waals surface area contributed by atoms with Crippen LogP contribution in [0.15, 0.2) is 42.5 Å². The quantitative estimate of drug-likeness (QED) is 0.858. The van der Waals surface area contributed by atoms with E-state index in [9.17, 15) is 14.0 Å². The Kier molecular flexibility index (Phi) is 5.86. The first-order chi connectivity index (χ1) is 12.9. The number of imide groups is 1. The number of aryl methyl sites for hydroxylation is 1. The lowest BCUT2D eigenvalue weighted by Gasteiger charge is -2.24. The maximum absolute atomic E-state index is 13.1. The van der Waals surface area contributed by atoms with Crippen LogP contribution in [0.2, 0.25) is 0 Å². The second kappa shape index (κ2) is 8.31. The molecule has 0 saturated carbocycles. The summed E-state index contributed by atoms with van der Waals surface area (Å²) in [4.78, 5) is 26.5. The Balaban J connectivity index is 1.57. The third-order valence-electron chi connectivity index (χ3n) is 5.07. The fourth-order valence-corrected chi connectivity index (χ4v) is 3.47. The van der Waals surface area contributed by atoms with Gasteiger partial charge in [0, 0.05) is 11.7 Å². The van der Waals surface area contributed by atoms with Crippen LogP contribution in [0.25, 0.3) is 0 Å². The molecule has 1 heterocycles. The SMILES string of the molecule is Cc1cccc(NC(=O)NC(=O)CN2CCCC2c2ccc(F)cc2)c1C. The zero-order valence-corrected chi connectivity index (χ0v) is 15.6. The van der Waals surface area contributed by atoms with E-state index in [1.54, 1.807) is 18.2 Å². The minimum Gasteiger partial charge on any atom is -0.307 e. The molecule has 0 radical (unpaired) electrons. The van der Waals surface area contributed by atoms with Crippen molar-refractivity contribution >= 4 is 17.6 Å². The van der Waals surface area contributed by atoms with E-state index in [-0.39, 0.29) is 24.3 Å². The van der Waals surface area contributed by atoms with Gasteiger partial charge in [-0.2, -0.15) is 0 Å². The summed E-state index contributed by atoms with van der Waals surface area (Å²) in [5.74, 6) is -0.629. The van der Waals surface area contributed by atoms with E-state index in [0.29, 0.717) is 5.69 Å². The number of nitrogens with one attached hydrogen (secondary N) is 2. The topological polar surface area (TPSA) is 61.4 Å². The molecule has 1 fully saturated rings. The molecule has 0 bridgehead atoms. The smallest absolute Gasteiger partial charge is 0.307 e. The molecular weight excluding hydrogens is 345 g/mol. The van der Waals surface area contributed by atoms with Crippen molar-refractivity contribution in [3.8, 4) is 0 Å². The number of hydrogen-bond acceptors (Lipinski definition) is 3. The first-order valence-electron chi connectivity index (χ1n) is 9.10. The predicted molar refractivity (Wildman–Crippen MR) is 103 cm³/mol. The predicted octanol–water partition coefficient (Wildman–Crippen LogP) is 3.93. The van der Waals surface area contributed by atoms with E-state index < -0.39 is 6.03 Å². The van der Waals surface area contributed by atoms with Gasteiger partial charge in [0.1, 0.15) is 5.82 Å². The van der Waals surface area contributed by atoms with Crippen molar-refractivity contribution in [2.24, 2.45) is 0 Å². The van der Waals surface area contributed by atoms with E-state index in [4.69, 9.17) is 0 Å². The Morgan fingerprint density at radius 3 is 2.63 bits per heavy atom. The lowest BCUT2D eigenvalue weighted by Crippen LogP contribution is -2.41. The summed E-state index contributed by atoms with van der Waals surface area (Å²) in [7, 11) is 0.